The molecular weight excluding hydrogens is 368 g/mol. The van der Waals surface area contributed by atoms with Gasteiger partial charge in [-0.1, -0.05) is 13.8 Å². The molecule has 0 radical (unpaired) electrons. The average Bonchev–Trinajstić information content (AvgIpc) is 3.14. The van der Waals surface area contributed by atoms with Crippen molar-refractivity contribution in [3.63, 3.8) is 0 Å². The fraction of sp³-hybridized carbons (Fsp3) is 0.611. The van der Waals surface area contributed by atoms with Crippen LogP contribution in [0.25, 0.3) is 10.2 Å². The number of carboxylic acid groups (broad SMARTS) is 1. The molecule has 0 bridgehead atoms. The number of ether oxygens (including phenoxy) is 1. The fourth-order valence-electron chi connectivity index (χ4n) is 3.41. The van der Waals surface area contributed by atoms with Crippen LogP contribution in [0.3, 0.4) is 0 Å². The number of carbonyl (C=O) groups is 2. The summed E-state index contributed by atoms with van der Waals surface area (Å²) in [5.74, 6) is -0.579. The van der Waals surface area contributed by atoms with E-state index in [-0.39, 0.29) is 18.6 Å². The molecule has 27 heavy (non-hydrogen) atoms. The summed E-state index contributed by atoms with van der Waals surface area (Å²) in [5.41, 5.74) is 1.01. The lowest BCUT2D eigenvalue weighted by molar-refractivity contribution is -0.138. The second kappa shape index (κ2) is 7.95. The highest BCUT2D eigenvalue weighted by molar-refractivity contribution is 7.20. The molecule has 0 saturated carbocycles. The molecule has 1 aliphatic rings. The summed E-state index contributed by atoms with van der Waals surface area (Å²) in [7, 11) is 3.65. The van der Waals surface area contributed by atoms with Crippen molar-refractivity contribution in [1.29, 1.82) is 0 Å². The Morgan fingerprint density at radius 1 is 1.48 bits per heavy atom. The van der Waals surface area contributed by atoms with Crippen LogP contribution in [-0.2, 0) is 16.6 Å². The van der Waals surface area contributed by atoms with E-state index in [1.165, 1.54) is 11.3 Å². The Balaban J connectivity index is 1.72. The van der Waals surface area contributed by atoms with Gasteiger partial charge in [-0.25, -0.2) is 0 Å². The van der Waals surface area contributed by atoms with Crippen molar-refractivity contribution < 1.29 is 19.4 Å². The van der Waals surface area contributed by atoms with Crippen LogP contribution in [0, 0.1) is 0 Å². The number of carbonyl (C=O) groups excluding carboxylic acids is 1. The lowest BCUT2D eigenvalue weighted by atomic mass is 10.1. The van der Waals surface area contributed by atoms with Gasteiger partial charge in [0.1, 0.15) is 4.83 Å². The van der Waals surface area contributed by atoms with E-state index < -0.39 is 5.97 Å². The number of carboxylic acids is 1. The van der Waals surface area contributed by atoms with E-state index >= 15 is 0 Å². The van der Waals surface area contributed by atoms with Crippen LogP contribution < -0.4 is 0 Å². The van der Waals surface area contributed by atoms with Crippen LogP contribution >= 0.6 is 11.3 Å². The minimum atomic E-state index is -0.874. The van der Waals surface area contributed by atoms with Crippen molar-refractivity contribution in [2.24, 2.45) is 7.05 Å². The van der Waals surface area contributed by atoms with E-state index in [9.17, 15) is 9.59 Å². The molecule has 2 aromatic rings. The van der Waals surface area contributed by atoms with E-state index in [4.69, 9.17) is 9.84 Å². The number of rotatable bonds is 6. The molecule has 1 fully saturated rings. The minimum absolute atomic E-state index is 0.0000868. The highest BCUT2D eigenvalue weighted by atomic mass is 32.1. The SMILES string of the molecule is CC(C)c1nn(C)c2sc(C(=O)N3CCOC(CN(C)CC(=O)O)C3)cc12. The second-order valence-corrected chi connectivity index (χ2v) is 8.36. The normalized spacial score (nSPS) is 18.0. The zero-order chi connectivity index (χ0) is 19.7. The number of aryl methyl sites for hydroxylation is 1. The van der Waals surface area contributed by atoms with Crippen LogP contribution in [0.2, 0.25) is 0 Å². The van der Waals surface area contributed by atoms with Gasteiger partial charge in [-0.3, -0.25) is 19.2 Å². The zero-order valence-electron chi connectivity index (χ0n) is 16.1. The first-order valence-electron chi connectivity index (χ1n) is 9.04. The molecular formula is C18H26N4O4S. The van der Waals surface area contributed by atoms with Crippen molar-refractivity contribution in [2.75, 3.05) is 39.8 Å². The maximum Gasteiger partial charge on any atom is 0.317 e. The molecule has 1 amide bonds. The third kappa shape index (κ3) is 4.31. The summed E-state index contributed by atoms with van der Waals surface area (Å²) in [6.45, 7) is 6.09. The number of nitrogens with zero attached hydrogens (tertiary/aromatic N) is 4. The Kier molecular flexibility index (Phi) is 5.83. The van der Waals surface area contributed by atoms with E-state index in [1.54, 1.807) is 16.8 Å². The van der Waals surface area contributed by atoms with Gasteiger partial charge in [0.25, 0.3) is 5.91 Å². The van der Waals surface area contributed by atoms with Crippen LogP contribution in [0.4, 0.5) is 0 Å². The number of aliphatic carboxylic acids is 1. The number of hydrogen-bond acceptors (Lipinski definition) is 6. The number of amides is 1. The van der Waals surface area contributed by atoms with Crippen molar-refractivity contribution >= 4 is 33.4 Å². The predicted molar refractivity (Wildman–Crippen MR) is 103 cm³/mol. The van der Waals surface area contributed by atoms with Crippen LogP contribution in [0.1, 0.15) is 35.1 Å². The topological polar surface area (TPSA) is 87.9 Å². The molecule has 0 spiro atoms. The summed E-state index contributed by atoms with van der Waals surface area (Å²) in [4.78, 5) is 29.0. The molecule has 3 heterocycles. The third-order valence-electron chi connectivity index (χ3n) is 4.64. The Morgan fingerprint density at radius 2 is 2.22 bits per heavy atom. The molecule has 8 nitrogen and oxygen atoms in total. The maximum atomic E-state index is 13.0. The van der Waals surface area contributed by atoms with Gasteiger partial charge in [0.05, 0.1) is 29.8 Å². The van der Waals surface area contributed by atoms with Gasteiger partial charge in [0, 0.05) is 32.1 Å². The summed E-state index contributed by atoms with van der Waals surface area (Å²) in [6.07, 6.45) is -0.186. The Hall–Kier alpha value is -1.97. The Morgan fingerprint density at radius 3 is 2.89 bits per heavy atom. The zero-order valence-corrected chi connectivity index (χ0v) is 17.0. The number of morpholine rings is 1. The minimum Gasteiger partial charge on any atom is -0.480 e. The molecule has 0 aromatic carbocycles. The van der Waals surface area contributed by atoms with Gasteiger partial charge in [-0.05, 0) is 19.0 Å². The number of aromatic nitrogens is 2. The van der Waals surface area contributed by atoms with E-state index in [0.29, 0.717) is 37.0 Å². The number of thiophene rings is 1. The molecule has 1 aliphatic heterocycles. The molecule has 0 aliphatic carbocycles. The summed E-state index contributed by atoms with van der Waals surface area (Å²) < 4.78 is 7.56. The third-order valence-corrected chi connectivity index (χ3v) is 5.83. The monoisotopic (exact) mass is 394 g/mol. The molecule has 1 atom stereocenters. The molecule has 1 N–H and O–H groups in total. The first kappa shape index (κ1) is 19.8. The molecule has 9 heteroatoms. The molecule has 148 valence electrons. The molecule has 2 aromatic heterocycles. The Bertz CT molecular complexity index is 844. The largest absolute Gasteiger partial charge is 0.480 e. The standard InChI is InChI=1S/C18H26N4O4S/c1-11(2)16-13-7-14(27-18(13)21(4)19-16)17(25)22-5-6-26-12(9-22)8-20(3)10-15(23)24/h7,11-12H,5-6,8-10H2,1-4H3,(H,23,24). The quantitative estimate of drug-likeness (QED) is 0.801. The van der Waals surface area contributed by atoms with Crippen molar-refractivity contribution in [2.45, 2.75) is 25.9 Å². The van der Waals surface area contributed by atoms with E-state index in [2.05, 4.69) is 18.9 Å². The predicted octanol–water partition coefficient (Wildman–Crippen LogP) is 1.62. The number of fused-ring (bicyclic) bond motifs is 1. The van der Waals surface area contributed by atoms with E-state index in [0.717, 1.165) is 15.9 Å². The average molecular weight is 394 g/mol. The lowest BCUT2D eigenvalue weighted by Gasteiger charge is -2.34. The summed E-state index contributed by atoms with van der Waals surface area (Å²) >= 11 is 1.47. The first-order chi connectivity index (χ1) is 12.8. The van der Waals surface area contributed by atoms with Gasteiger partial charge in [0.15, 0.2) is 0 Å². The molecule has 3 rings (SSSR count). The van der Waals surface area contributed by atoms with Crippen molar-refractivity contribution in [3.8, 4) is 0 Å². The molecule has 1 unspecified atom stereocenters. The fourth-order valence-corrected chi connectivity index (χ4v) is 4.46. The van der Waals surface area contributed by atoms with Crippen LogP contribution in [-0.4, -0.2) is 82.5 Å². The number of likely N-dealkylation sites (N-methyl/N-ethyl adjacent to an activating group) is 1. The van der Waals surface area contributed by atoms with Gasteiger partial charge in [-0.2, -0.15) is 5.10 Å². The Labute approximate surface area is 162 Å². The van der Waals surface area contributed by atoms with Gasteiger partial charge in [-0.15, -0.1) is 11.3 Å². The maximum absolute atomic E-state index is 13.0. The van der Waals surface area contributed by atoms with Crippen molar-refractivity contribution in [1.82, 2.24) is 19.6 Å². The molecule has 1 saturated heterocycles. The van der Waals surface area contributed by atoms with Gasteiger partial charge in [0.2, 0.25) is 0 Å². The first-order valence-corrected chi connectivity index (χ1v) is 9.85. The van der Waals surface area contributed by atoms with E-state index in [1.807, 2.05) is 17.8 Å². The van der Waals surface area contributed by atoms with Crippen molar-refractivity contribution in [3.05, 3.63) is 16.6 Å². The number of hydrogen-bond donors (Lipinski definition) is 1. The van der Waals surface area contributed by atoms with Crippen LogP contribution in [0.15, 0.2) is 6.07 Å². The lowest BCUT2D eigenvalue weighted by Crippen LogP contribution is -2.49. The summed E-state index contributed by atoms with van der Waals surface area (Å²) in [6, 6.07) is 1.95. The second-order valence-electron chi connectivity index (χ2n) is 7.33. The smallest absolute Gasteiger partial charge is 0.317 e. The highest BCUT2D eigenvalue weighted by Crippen LogP contribution is 2.32. The van der Waals surface area contributed by atoms with Crippen LogP contribution in [0.5, 0.6) is 0 Å². The summed E-state index contributed by atoms with van der Waals surface area (Å²) in [5, 5.41) is 14.5. The highest BCUT2D eigenvalue weighted by Gasteiger charge is 2.28. The van der Waals surface area contributed by atoms with Gasteiger partial charge < -0.3 is 14.7 Å². The van der Waals surface area contributed by atoms with Gasteiger partial charge >= 0.3 is 5.97 Å².